The van der Waals surface area contributed by atoms with E-state index in [0.717, 1.165) is 31.6 Å². The topological polar surface area (TPSA) is 54.9 Å². The Bertz CT molecular complexity index is 544. The minimum absolute atomic E-state index is 0.00668. The summed E-state index contributed by atoms with van der Waals surface area (Å²) in [6.45, 7) is 8.47. The average molecular weight is 319 g/mol. The molecule has 0 radical (unpaired) electrons. The highest BCUT2D eigenvalue weighted by Gasteiger charge is 2.39. The monoisotopic (exact) mass is 319 g/mol. The summed E-state index contributed by atoms with van der Waals surface area (Å²) in [6.07, 6.45) is 3.43. The van der Waals surface area contributed by atoms with Crippen LogP contribution in [0.4, 0.5) is 5.69 Å². The normalized spacial score (nSPS) is 20.0. The van der Waals surface area contributed by atoms with Crippen molar-refractivity contribution >= 4 is 11.6 Å². The van der Waals surface area contributed by atoms with Crippen molar-refractivity contribution < 1.29 is 14.3 Å². The Morgan fingerprint density at radius 1 is 1.26 bits per heavy atom. The zero-order chi connectivity index (χ0) is 16.3. The predicted molar refractivity (Wildman–Crippen MR) is 87.6 cm³/mol. The van der Waals surface area contributed by atoms with E-state index in [0.29, 0.717) is 32.0 Å². The van der Waals surface area contributed by atoms with Gasteiger partial charge in [-0.2, -0.15) is 0 Å². The molecule has 1 aromatic rings. The van der Waals surface area contributed by atoms with Gasteiger partial charge in [-0.25, -0.2) is 0 Å². The Balaban J connectivity index is 1.69. The average Bonchev–Trinajstić information content (AvgIpc) is 3.05. The highest BCUT2D eigenvalue weighted by Crippen LogP contribution is 2.33. The lowest BCUT2D eigenvalue weighted by Gasteiger charge is -2.38. The van der Waals surface area contributed by atoms with Crippen molar-refractivity contribution in [2.75, 3.05) is 44.3 Å². The van der Waals surface area contributed by atoms with Crippen molar-refractivity contribution in [1.29, 1.82) is 0 Å². The van der Waals surface area contributed by atoms with Crippen molar-refractivity contribution in [2.24, 2.45) is 0 Å². The second kappa shape index (κ2) is 6.84. The molecule has 0 N–H and O–H groups in total. The number of amides is 1. The van der Waals surface area contributed by atoms with Crippen LogP contribution >= 0.6 is 0 Å². The molecule has 0 aromatic carbocycles. The summed E-state index contributed by atoms with van der Waals surface area (Å²) in [6, 6.07) is 3.86. The van der Waals surface area contributed by atoms with E-state index >= 15 is 0 Å². The fourth-order valence-corrected chi connectivity index (χ4v) is 3.30. The van der Waals surface area contributed by atoms with E-state index in [1.807, 2.05) is 26.0 Å². The molecule has 0 aliphatic carbocycles. The van der Waals surface area contributed by atoms with Gasteiger partial charge in [-0.3, -0.25) is 9.78 Å². The number of hydrogen-bond acceptors (Lipinski definition) is 5. The molecule has 3 rings (SSSR count). The summed E-state index contributed by atoms with van der Waals surface area (Å²) in [5.74, 6) is -0.378. The van der Waals surface area contributed by atoms with Gasteiger partial charge < -0.3 is 19.3 Å². The van der Waals surface area contributed by atoms with Gasteiger partial charge in [0.1, 0.15) is 5.69 Å². The molecule has 6 heteroatoms. The predicted octanol–water partition coefficient (Wildman–Crippen LogP) is 1.91. The quantitative estimate of drug-likeness (QED) is 0.848. The molecule has 2 aliphatic rings. The van der Waals surface area contributed by atoms with Crippen LogP contribution < -0.4 is 4.90 Å². The molecule has 2 saturated heterocycles. The lowest BCUT2D eigenvalue weighted by Crippen LogP contribution is -2.45. The van der Waals surface area contributed by atoms with Crippen molar-refractivity contribution in [1.82, 2.24) is 9.88 Å². The van der Waals surface area contributed by atoms with Crippen LogP contribution in [0.3, 0.4) is 0 Å². The fraction of sp³-hybridized carbons (Fsp3) is 0.647. The highest BCUT2D eigenvalue weighted by atomic mass is 16.7. The maximum atomic E-state index is 12.5. The molecule has 0 saturated carbocycles. The third kappa shape index (κ3) is 3.33. The number of rotatable bonds is 4. The number of piperidine rings is 1. The molecule has 6 nitrogen and oxygen atoms in total. The van der Waals surface area contributed by atoms with Gasteiger partial charge in [0.2, 0.25) is 0 Å². The van der Waals surface area contributed by atoms with Crippen LogP contribution in [0.25, 0.3) is 0 Å². The molecular weight excluding hydrogens is 294 g/mol. The first-order chi connectivity index (χ1) is 11.2. The Labute approximate surface area is 137 Å². The maximum absolute atomic E-state index is 12.5. The number of carbonyl (C=O) groups excluding carboxylic acids is 1. The zero-order valence-corrected chi connectivity index (χ0v) is 14.0. The van der Waals surface area contributed by atoms with Crippen LogP contribution in [0.15, 0.2) is 18.3 Å². The summed E-state index contributed by atoms with van der Waals surface area (Å²) in [5.41, 5.74) is 1.56. The van der Waals surface area contributed by atoms with Crippen LogP contribution in [0.2, 0.25) is 0 Å². The molecule has 1 spiro atoms. The third-order valence-corrected chi connectivity index (χ3v) is 4.72. The van der Waals surface area contributed by atoms with Crippen molar-refractivity contribution in [3.63, 3.8) is 0 Å². The van der Waals surface area contributed by atoms with E-state index in [1.54, 1.807) is 11.1 Å². The zero-order valence-electron chi connectivity index (χ0n) is 14.0. The molecule has 0 bridgehead atoms. The first-order valence-corrected chi connectivity index (χ1v) is 8.45. The molecule has 0 atom stereocenters. The number of anilines is 1. The molecule has 126 valence electrons. The van der Waals surface area contributed by atoms with Gasteiger partial charge in [-0.05, 0) is 26.0 Å². The van der Waals surface area contributed by atoms with Crippen LogP contribution in [0, 0.1) is 0 Å². The molecule has 1 amide bonds. The summed E-state index contributed by atoms with van der Waals surface area (Å²) in [5, 5.41) is 0. The number of pyridine rings is 1. The number of hydrogen-bond donors (Lipinski definition) is 0. The van der Waals surface area contributed by atoms with Crippen LogP contribution in [-0.4, -0.2) is 61.0 Å². The van der Waals surface area contributed by atoms with E-state index in [-0.39, 0.29) is 11.7 Å². The smallest absolute Gasteiger partial charge is 0.272 e. The van der Waals surface area contributed by atoms with Gasteiger partial charge in [-0.15, -0.1) is 0 Å². The molecule has 2 fully saturated rings. The van der Waals surface area contributed by atoms with Gasteiger partial charge in [0, 0.05) is 50.9 Å². The lowest BCUT2D eigenvalue weighted by atomic mass is 10.0. The largest absolute Gasteiger partial charge is 0.371 e. The minimum Gasteiger partial charge on any atom is -0.371 e. The summed E-state index contributed by atoms with van der Waals surface area (Å²) < 4.78 is 11.5. The molecule has 1 aromatic heterocycles. The summed E-state index contributed by atoms with van der Waals surface area (Å²) >= 11 is 0. The van der Waals surface area contributed by atoms with E-state index in [2.05, 4.69) is 9.88 Å². The van der Waals surface area contributed by atoms with Gasteiger partial charge in [0.25, 0.3) is 5.91 Å². The molecule has 3 heterocycles. The first-order valence-electron chi connectivity index (χ1n) is 8.45. The lowest BCUT2D eigenvalue weighted by molar-refractivity contribution is -0.169. The first kappa shape index (κ1) is 16.2. The Hall–Kier alpha value is -1.66. The van der Waals surface area contributed by atoms with Crippen molar-refractivity contribution in [2.45, 2.75) is 32.5 Å². The van der Waals surface area contributed by atoms with Crippen molar-refractivity contribution in [3.8, 4) is 0 Å². The van der Waals surface area contributed by atoms with Gasteiger partial charge in [0.15, 0.2) is 5.79 Å². The minimum atomic E-state index is -0.372. The fourth-order valence-electron chi connectivity index (χ4n) is 3.30. The molecular formula is C17H25N3O3. The highest BCUT2D eigenvalue weighted by molar-refractivity contribution is 5.93. The van der Waals surface area contributed by atoms with Gasteiger partial charge >= 0.3 is 0 Å². The standard InChI is InChI=1S/C17H25N3O3/c1-3-19(4-2)16(21)15-13-14(5-8-18-15)20-9-6-17(7-10-20)22-11-12-23-17/h5,8,13H,3-4,6-7,9-12H2,1-2H3. The van der Waals surface area contributed by atoms with E-state index in [9.17, 15) is 4.79 Å². The molecule has 0 unspecified atom stereocenters. The second-order valence-corrected chi connectivity index (χ2v) is 5.97. The molecule has 23 heavy (non-hydrogen) atoms. The molecule has 2 aliphatic heterocycles. The van der Waals surface area contributed by atoms with E-state index in [4.69, 9.17) is 9.47 Å². The van der Waals surface area contributed by atoms with E-state index < -0.39 is 0 Å². The van der Waals surface area contributed by atoms with Crippen molar-refractivity contribution in [3.05, 3.63) is 24.0 Å². The van der Waals surface area contributed by atoms with Gasteiger partial charge in [-0.1, -0.05) is 0 Å². The van der Waals surface area contributed by atoms with E-state index in [1.165, 1.54) is 0 Å². The van der Waals surface area contributed by atoms with Gasteiger partial charge in [0.05, 0.1) is 13.2 Å². The van der Waals surface area contributed by atoms with Crippen LogP contribution in [0.1, 0.15) is 37.2 Å². The third-order valence-electron chi connectivity index (χ3n) is 4.72. The Morgan fingerprint density at radius 2 is 1.91 bits per heavy atom. The Kier molecular flexibility index (Phi) is 4.82. The SMILES string of the molecule is CCN(CC)C(=O)c1cc(N2CCC3(CC2)OCCO3)ccn1. The summed E-state index contributed by atoms with van der Waals surface area (Å²) in [4.78, 5) is 20.8. The maximum Gasteiger partial charge on any atom is 0.272 e. The number of ether oxygens (including phenoxy) is 2. The summed E-state index contributed by atoms with van der Waals surface area (Å²) in [7, 11) is 0. The van der Waals surface area contributed by atoms with Crippen LogP contribution in [-0.2, 0) is 9.47 Å². The Morgan fingerprint density at radius 3 is 2.52 bits per heavy atom. The number of carbonyl (C=O) groups is 1. The second-order valence-electron chi connectivity index (χ2n) is 5.97. The number of nitrogens with zero attached hydrogens (tertiary/aromatic N) is 3. The number of aromatic nitrogens is 1. The van der Waals surface area contributed by atoms with Crippen LogP contribution in [0.5, 0.6) is 0 Å².